The Balaban J connectivity index is 0.000000269. The van der Waals surface area contributed by atoms with Gasteiger partial charge >= 0.3 is 11.9 Å². The molecule has 0 aliphatic heterocycles. The maximum atomic E-state index is 11.4. The molecule has 0 heterocycles. The highest BCUT2D eigenvalue weighted by Crippen LogP contribution is 2.41. The van der Waals surface area contributed by atoms with Crippen LogP contribution in [0.5, 0.6) is 34.5 Å². The van der Waals surface area contributed by atoms with Gasteiger partial charge in [0.2, 0.25) is 11.5 Å². The van der Waals surface area contributed by atoms with Gasteiger partial charge in [-0.3, -0.25) is 0 Å². The molecule has 0 bridgehead atoms. The van der Waals surface area contributed by atoms with Crippen LogP contribution in [0.3, 0.4) is 0 Å². The Kier molecular flexibility index (Phi) is 5.82. The zero-order valence-corrected chi connectivity index (χ0v) is 15.7. The maximum absolute atomic E-state index is 11.4. The quantitative estimate of drug-likeness (QED) is 0.226. The molecule has 3 aromatic carbocycles. The molecule has 3 rings (SSSR count). The van der Waals surface area contributed by atoms with Crippen LogP contribution in [0.1, 0.15) is 31.8 Å². The van der Waals surface area contributed by atoms with Gasteiger partial charge in [-0.1, -0.05) is 0 Å². The number of rotatable bonds is 2. The van der Waals surface area contributed by atoms with E-state index in [1.807, 2.05) is 0 Å². The molecule has 0 unspecified atom stereocenters. The number of aromatic hydroxyl groups is 6. The number of phenols is 6. The standard InChI is InChI=1S/C14H12O6.C6H6O4/c1-5-6(2)10(13(17)18)11(14(19)20)7-3-4-8(15)12(16)9(5)7;7-3-1-2-4(8)6(10)5(3)9/h3-4,15-16H,1-2H3,(H,17,18)(H,19,20);1-2,7-10H. The predicted octanol–water partition coefficient (Wildman–Crippen LogP) is 2.77. The molecule has 10 heteroatoms. The van der Waals surface area contributed by atoms with Crippen LogP contribution in [0.4, 0.5) is 0 Å². The fourth-order valence-electron chi connectivity index (χ4n) is 2.91. The van der Waals surface area contributed by atoms with Gasteiger partial charge in [0.15, 0.2) is 23.0 Å². The maximum Gasteiger partial charge on any atom is 0.337 e. The van der Waals surface area contributed by atoms with E-state index in [-0.39, 0.29) is 27.6 Å². The van der Waals surface area contributed by atoms with Gasteiger partial charge in [0.05, 0.1) is 11.1 Å². The molecule has 30 heavy (non-hydrogen) atoms. The van der Waals surface area contributed by atoms with Crippen molar-refractivity contribution in [3.63, 3.8) is 0 Å². The average molecular weight is 418 g/mol. The molecule has 0 fully saturated rings. The first kappa shape index (κ1) is 22.0. The monoisotopic (exact) mass is 418 g/mol. The Morgan fingerprint density at radius 2 is 1.00 bits per heavy atom. The van der Waals surface area contributed by atoms with Crippen molar-refractivity contribution in [1.82, 2.24) is 0 Å². The van der Waals surface area contributed by atoms with Crippen LogP contribution in [0.15, 0.2) is 24.3 Å². The van der Waals surface area contributed by atoms with E-state index >= 15 is 0 Å². The second kappa shape index (κ2) is 7.95. The van der Waals surface area contributed by atoms with E-state index in [1.54, 1.807) is 6.92 Å². The summed E-state index contributed by atoms with van der Waals surface area (Å²) in [4.78, 5) is 22.7. The number of phenolic OH excluding ortho intramolecular Hbond substituents is 6. The molecule has 0 aliphatic rings. The number of carbonyl (C=O) groups is 2. The summed E-state index contributed by atoms with van der Waals surface area (Å²) in [6.07, 6.45) is 0. The van der Waals surface area contributed by atoms with Crippen molar-refractivity contribution in [2.24, 2.45) is 0 Å². The average Bonchev–Trinajstić information content (AvgIpc) is 2.68. The highest BCUT2D eigenvalue weighted by Gasteiger charge is 2.26. The van der Waals surface area contributed by atoms with Crippen LogP contribution in [-0.4, -0.2) is 52.8 Å². The van der Waals surface area contributed by atoms with Crippen molar-refractivity contribution < 1.29 is 50.4 Å². The summed E-state index contributed by atoms with van der Waals surface area (Å²) in [7, 11) is 0. The Bertz CT molecular complexity index is 1150. The molecule has 158 valence electrons. The lowest BCUT2D eigenvalue weighted by Gasteiger charge is -2.15. The number of aryl methyl sites for hydroxylation is 1. The number of hydrogen-bond acceptors (Lipinski definition) is 8. The Morgan fingerprint density at radius 1 is 0.600 bits per heavy atom. The van der Waals surface area contributed by atoms with Gasteiger partial charge in [-0.15, -0.1) is 0 Å². The molecule has 0 aromatic heterocycles. The van der Waals surface area contributed by atoms with Gasteiger partial charge in [-0.2, -0.15) is 0 Å². The van der Waals surface area contributed by atoms with Crippen LogP contribution in [-0.2, 0) is 0 Å². The minimum Gasteiger partial charge on any atom is -0.504 e. The number of fused-ring (bicyclic) bond motifs is 1. The van der Waals surface area contributed by atoms with E-state index < -0.39 is 46.2 Å². The number of benzene rings is 3. The molecular weight excluding hydrogens is 400 g/mol. The highest BCUT2D eigenvalue weighted by molar-refractivity contribution is 6.15. The van der Waals surface area contributed by atoms with Crippen molar-refractivity contribution in [1.29, 1.82) is 0 Å². The third-order valence-electron chi connectivity index (χ3n) is 4.52. The topological polar surface area (TPSA) is 196 Å². The molecule has 0 radical (unpaired) electrons. The van der Waals surface area contributed by atoms with Crippen LogP contribution in [0.2, 0.25) is 0 Å². The molecule has 8 N–H and O–H groups in total. The largest absolute Gasteiger partial charge is 0.504 e. The Hall–Kier alpha value is -4.34. The molecule has 10 nitrogen and oxygen atoms in total. The van der Waals surface area contributed by atoms with E-state index in [4.69, 9.17) is 20.4 Å². The van der Waals surface area contributed by atoms with Crippen LogP contribution >= 0.6 is 0 Å². The van der Waals surface area contributed by atoms with Crippen molar-refractivity contribution in [3.05, 3.63) is 46.5 Å². The molecule has 0 amide bonds. The Morgan fingerprint density at radius 3 is 1.43 bits per heavy atom. The minimum atomic E-state index is -1.40. The first-order valence-corrected chi connectivity index (χ1v) is 8.27. The van der Waals surface area contributed by atoms with Gasteiger partial charge in [0.1, 0.15) is 0 Å². The van der Waals surface area contributed by atoms with Crippen molar-refractivity contribution in [3.8, 4) is 34.5 Å². The second-order valence-corrected chi connectivity index (χ2v) is 6.27. The van der Waals surface area contributed by atoms with E-state index in [0.29, 0.717) is 5.56 Å². The summed E-state index contributed by atoms with van der Waals surface area (Å²) in [5, 5.41) is 73.0. The van der Waals surface area contributed by atoms with Crippen molar-refractivity contribution in [2.75, 3.05) is 0 Å². The normalized spacial score (nSPS) is 10.3. The third kappa shape index (κ3) is 3.65. The van der Waals surface area contributed by atoms with Crippen LogP contribution < -0.4 is 0 Å². The molecule has 0 saturated carbocycles. The van der Waals surface area contributed by atoms with Crippen molar-refractivity contribution >= 4 is 22.7 Å². The lowest BCUT2D eigenvalue weighted by molar-refractivity contribution is 0.0652. The first-order chi connectivity index (χ1) is 13.9. The molecule has 0 aliphatic carbocycles. The number of carboxylic acid groups (broad SMARTS) is 2. The minimum absolute atomic E-state index is 0.0771. The molecule has 0 saturated heterocycles. The SMILES string of the molecule is Cc1c(C(=O)O)c(C(=O)O)c2ccc(O)c(O)c2c1C.Oc1ccc(O)c(O)c1O. The summed E-state index contributed by atoms with van der Waals surface area (Å²) < 4.78 is 0. The molecule has 0 atom stereocenters. The number of hydrogen-bond donors (Lipinski definition) is 8. The fraction of sp³-hybridized carbons (Fsp3) is 0.100. The first-order valence-electron chi connectivity index (χ1n) is 8.27. The molecule has 3 aromatic rings. The molecule has 0 spiro atoms. The summed E-state index contributed by atoms with van der Waals surface area (Å²) in [5.41, 5.74) is -0.0578. The Labute approximate surface area is 168 Å². The number of aromatic carboxylic acids is 2. The van der Waals surface area contributed by atoms with Crippen molar-refractivity contribution in [2.45, 2.75) is 13.8 Å². The van der Waals surface area contributed by atoms with Crippen LogP contribution in [0.25, 0.3) is 10.8 Å². The van der Waals surface area contributed by atoms with Gasteiger partial charge in [0, 0.05) is 10.8 Å². The smallest absolute Gasteiger partial charge is 0.337 e. The second-order valence-electron chi connectivity index (χ2n) is 6.27. The van der Waals surface area contributed by atoms with Gasteiger partial charge in [0.25, 0.3) is 0 Å². The summed E-state index contributed by atoms with van der Waals surface area (Å²) in [6, 6.07) is 4.56. The lowest BCUT2D eigenvalue weighted by Crippen LogP contribution is -2.12. The summed E-state index contributed by atoms with van der Waals surface area (Å²) >= 11 is 0. The van der Waals surface area contributed by atoms with Gasteiger partial charge < -0.3 is 40.9 Å². The zero-order valence-electron chi connectivity index (χ0n) is 15.7. The number of carboxylic acids is 2. The zero-order chi connectivity index (χ0) is 22.9. The highest BCUT2D eigenvalue weighted by atomic mass is 16.4. The van der Waals surface area contributed by atoms with Gasteiger partial charge in [-0.05, 0) is 49.2 Å². The van der Waals surface area contributed by atoms with E-state index in [2.05, 4.69) is 0 Å². The third-order valence-corrected chi connectivity index (χ3v) is 4.52. The van der Waals surface area contributed by atoms with Gasteiger partial charge in [-0.25, -0.2) is 9.59 Å². The van der Waals surface area contributed by atoms with E-state index in [9.17, 15) is 30.0 Å². The predicted molar refractivity (Wildman–Crippen MR) is 104 cm³/mol. The summed E-state index contributed by atoms with van der Waals surface area (Å²) in [6.45, 7) is 3.03. The van der Waals surface area contributed by atoms with E-state index in [0.717, 1.165) is 18.2 Å². The van der Waals surface area contributed by atoms with Crippen LogP contribution in [0, 0.1) is 13.8 Å². The lowest BCUT2D eigenvalue weighted by atomic mass is 9.89. The fourth-order valence-corrected chi connectivity index (χ4v) is 2.91. The summed E-state index contributed by atoms with van der Waals surface area (Å²) in [5.74, 6) is -5.94. The van der Waals surface area contributed by atoms with E-state index in [1.165, 1.54) is 13.0 Å². The molecular formula is C20H18O10.